The predicted octanol–water partition coefficient (Wildman–Crippen LogP) is 26.8. The molecular weight excluding hydrogens is 1340 g/mol. The minimum absolute atomic E-state index is 0.302. The number of anilines is 6. The summed E-state index contributed by atoms with van der Waals surface area (Å²) in [6, 6.07) is 132. The maximum absolute atomic E-state index is 15.4. The third kappa shape index (κ3) is 10.0. The van der Waals surface area contributed by atoms with Crippen molar-refractivity contribution in [1.82, 2.24) is 0 Å². The average molecular weight is 1400 g/mol. The highest BCUT2D eigenvalue weighted by molar-refractivity contribution is 5.99. The van der Waals surface area contributed by atoms with Crippen LogP contribution in [-0.2, 0) is 16.2 Å². The summed E-state index contributed by atoms with van der Waals surface area (Å²) in [6.45, 7) is 7.87. The summed E-state index contributed by atoms with van der Waals surface area (Å²) < 4.78 is 43.8. The van der Waals surface area contributed by atoms with Gasteiger partial charge in [0.15, 0.2) is 0 Å². The van der Waals surface area contributed by atoms with Crippen LogP contribution < -0.4 is 19.3 Å². The normalized spacial score (nSPS) is 16.2. The van der Waals surface area contributed by atoms with Gasteiger partial charge in [-0.1, -0.05) is 256 Å². The second-order valence-corrected chi connectivity index (χ2v) is 28.5. The van der Waals surface area contributed by atoms with Gasteiger partial charge >= 0.3 is 0 Å². The van der Waals surface area contributed by atoms with Gasteiger partial charge in [0.25, 0.3) is 0 Å². The van der Waals surface area contributed by atoms with Crippen LogP contribution >= 0.6 is 0 Å². The molecule has 0 N–H and O–H groups in total. The van der Waals surface area contributed by atoms with E-state index in [-0.39, 0.29) is 11.6 Å². The quantitative estimate of drug-likeness (QED) is 0.0963. The van der Waals surface area contributed by atoms with Crippen molar-refractivity contribution in [2.75, 3.05) is 9.80 Å². The van der Waals surface area contributed by atoms with Crippen molar-refractivity contribution in [3.05, 3.63) is 479 Å². The van der Waals surface area contributed by atoms with E-state index < -0.39 is 16.2 Å². The van der Waals surface area contributed by atoms with Crippen molar-refractivity contribution < 1.29 is 18.3 Å². The fourth-order valence-electron chi connectivity index (χ4n) is 18.4. The zero-order chi connectivity index (χ0) is 73.0. The van der Waals surface area contributed by atoms with Crippen LogP contribution in [0.5, 0.6) is 23.0 Å². The van der Waals surface area contributed by atoms with Crippen LogP contribution in [0.3, 0.4) is 0 Å². The molecule has 2 unspecified atom stereocenters. The number of hydrogen-bond donors (Lipinski definition) is 0. The third-order valence-corrected chi connectivity index (χ3v) is 23.0. The lowest BCUT2D eigenvalue weighted by Gasteiger charge is -2.35. The van der Waals surface area contributed by atoms with Gasteiger partial charge in [-0.15, -0.1) is 0 Å². The predicted molar refractivity (Wildman–Crippen MR) is 440 cm³/mol. The summed E-state index contributed by atoms with van der Waals surface area (Å²) >= 11 is 0. The highest BCUT2D eigenvalue weighted by atomic mass is 19.1. The van der Waals surface area contributed by atoms with E-state index in [1.165, 1.54) is 44.5 Å². The van der Waals surface area contributed by atoms with Gasteiger partial charge < -0.3 is 19.3 Å². The molecule has 0 aromatic heterocycles. The van der Waals surface area contributed by atoms with Crippen LogP contribution in [0.15, 0.2) is 389 Å². The Morgan fingerprint density at radius 2 is 0.459 bits per heavy atom. The Balaban J connectivity index is 0.756. The van der Waals surface area contributed by atoms with Crippen molar-refractivity contribution in [1.29, 1.82) is 0 Å². The van der Waals surface area contributed by atoms with Crippen molar-refractivity contribution >= 4 is 46.3 Å². The Labute approximate surface area is 633 Å². The van der Waals surface area contributed by atoms with Crippen molar-refractivity contribution in [3.8, 4) is 67.5 Å². The van der Waals surface area contributed by atoms with Crippen molar-refractivity contribution in [3.63, 3.8) is 0 Å². The average Bonchev–Trinajstić information content (AvgIpc) is 1.52. The molecule has 0 aliphatic heterocycles. The second kappa shape index (κ2) is 25.7. The van der Waals surface area contributed by atoms with Crippen molar-refractivity contribution in [2.24, 2.45) is 0 Å². The first-order valence-corrected chi connectivity index (χ1v) is 36.9. The maximum Gasteiger partial charge on any atom is 0.127 e. The summed E-state index contributed by atoms with van der Waals surface area (Å²) in [5.41, 5.74) is 27.5. The minimum Gasteiger partial charge on any atom is -0.457 e. The smallest absolute Gasteiger partial charge is 0.127 e. The molecule has 4 nitrogen and oxygen atoms in total. The first-order valence-electron chi connectivity index (χ1n) is 36.9. The van der Waals surface area contributed by atoms with Crippen LogP contribution in [0.1, 0.15) is 77.9 Å². The number of hydrogen-bond acceptors (Lipinski definition) is 4. The molecule has 4 aliphatic carbocycles. The van der Waals surface area contributed by atoms with E-state index in [1.807, 2.05) is 109 Å². The maximum atomic E-state index is 15.4. The van der Waals surface area contributed by atoms with Gasteiger partial charge in [-0.05, 0) is 268 Å². The molecule has 0 fully saturated rings. The molecule has 20 rings (SSSR count). The van der Waals surface area contributed by atoms with E-state index in [9.17, 15) is 0 Å². The lowest BCUT2D eigenvalue weighted by molar-refractivity contribution is 0.482. The fraction of sp³-hybridized carbons (Fsp3) is 0.0291. The largest absolute Gasteiger partial charge is 0.457 e. The minimum atomic E-state index is -0.882. The zero-order valence-electron chi connectivity index (χ0n) is 59.3. The van der Waals surface area contributed by atoms with E-state index in [4.69, 9.17) is 9.47 Å². The van der Waals surface area contributed by atoms with Gasteiger partial charge in [-0.3, -0.25) is 0 Å². The molecule has 0 radical (unpaired) electrons. The topological polar surface area (TPSA) is 24.9 Å². The Morgan fingerprint density at radius 3 is 0.752 bits per heavy atom. The van der Waals surface area contributed by atoms with Crippen LogP contribution in [0.4, 0.5) is 42.9 Å². The SMILES string of the molecule is C=Cc1ccc(Oc2ccc(C3(c4ccc(F)cc4)c4ccccc4-c4ccc(N(c5ccccc5)c5ccc6c(c5)C5(c7ccccc7-6)c6ccccc6-c6ccc(N(c7ccccc7)c7ccc8c(c7)C(c7ccc(F)cc7)(c7ccc(Oc9ccc(C=C)cc9)cc7)c7ccccc7-8)cc65)cc43)cc2)cc1. The number of para-hydroxylation sites is 2. The van der Waals surface area contributed by atoms with Gasteiger partial charge in [0.2, 0.25) is 0 Å². The molecule has 109 heavy (non-hydrogen) atoms. The first kappa shape index (κ1) is 64.6. The molecule has 0 amide bonds. The second-order valence-electron chi connectivity index (χ2n) is 28.5. The molecule has 516 valence electrons. The monoisotopic (exact) mass is 1400 g/mol. The summed E-state index contributed by atoms with van der Waals surface area (Å²) in [5, 5.41) is 0. The Kier molecular flexibility index (Phi) is 15.2. The molecule has 4 aliphatic rings. The van der Waals surface area contributed by atoms with E-state index in [1.54, 1.807) is 24.3 Å². The molecule has 0 bridgehead atoms. The van der Waals surface area contributed by atoms with Crippen LogP contribution in [-0.4, -0.2) is 0 Å². The highest BCUT2D eigenvalue weighted by Gasteiger charge is 2.53. The van der Waals surface area contributed by atoms with E-state index in [0.29, 0.717) is 11.5 Å². The number of nitrogens with zero attached hydrogens (tertiary/aromatic N) is 2. The highest BCUT2D eigenvalue weighted by Crippen LogP contribution is 2.66. The van der Waals surface area contributed by atoms with Gasteiger partial charge in [-0.25, -0.2) is 8.78 Å². The van der Waals surface area contributed by atoms with Gasteiger partial charge in [-0.2, -0.15) is 0 Å². The molecule has 1 spiro atoms. The van der Waals surface area contributed by atoms with Crippen LogP contribution in [0.25, 0.3) is 56.7 Å². The number of benzene rings is 16. The van der Waals surface area contributed by atoms with E-state index in [0.717, 1.165) is 124 Å². The molecular formula is C103H68F2N2O2. The van der Waals surface area contributed by atoms with E-state index in [2.05, 4.69) is 278 Å². The standard InChI is InChI=1S/C103H68F2N2O2/c1-3-67-31-51-81(52-32-67)108-83-55-39-71(40-56-83)101(69-35-43-73(104)44-36-69)93-27-15-11-23-85(93)89-59-47-77(63-97(89)101)106(75-19-7-5-8-20-75)79-49-61-91-87-25-13-17-29-95(87)103(99(91)65-79)96-30-18-14-26-88(96)92-62-50-80(66-100(92)103)107(76-21-9-6-10-22-76)78-48-60-90-86-24-12-16-28-94(86)102(98(90)64-78,70-37-45-74(105)46-38-70)72-41-57-84(58-42-72)109-82-53-33-68(4-2)34-54-82/h3-66H,1-2H2. The Hall–Kier alpha value is -13.9. The molecule has 16 aromatic carbocycles. The number of halogens is 2. The summed E-state index contributed by atoms with van der Waals surface area (Å²) in [4.78, 5) is 4.81. The molecule has 0 saturated carbocycles. The van der Waals surface area contributed by atoms with Crippen LogP contribution in [0.2, 0.25) is 0 Å². The Morgan fingerprint density at radius 1 is 0.220 bits per heavy atom. The van der Waals surface area contributed by atoms with E-state index >= 15 is 8.78 Å². The Bertz CT molecular complexity index is 5890. The molecule has 0 saturated heterocycles. The zero-order valence-corrected chi connectivity index (χ0v) is 59.3. The first-order chi connectivity index (χ1) is 53.7. The molecule has 6 heteroatoms. The van der Waals surface area contributed by atoms with Crippen molar-refractivity contribution in [2.45, 2.75) is 16.2 Å². The molecule has 16 aromatic rings. The fourth-order valence-corrected chi connectivity index (χ4v) is 18.4. The third-order valence-electron chi connectivity index (χ3n) is 23.0. The number of ether oxygens (including phenoxy) is 2. The lowest BCUT2D eigenvalue weighted by atomic mass is 9.67. The van der Waals surface area contributed by atoms with Gasteiger partial charge in [0.1, 0.15) is 34.6 Å². The summed E-state index contributed by atoms with van der Waals surface area (Å²) in [5.74, 6) is 2.24. The van der Waals surface area contributed by atoms with Crippen LogP contribution in [0, 0.1) is 11.6 Å². The molecule has 0 heterocycles. The van der Waals surface area contributed by atoms with Gasteiger partial charge in [0, 0.05) is 34.1 Å². The lowest BCUT2D eigenvalue weighted by Crippen LogP contribution is -2.29. The van der Waals surface area contributed by atoms with Gasteiger partial charge in [0.05, 0.1) is 16.2 Å². The number of fused-ring (bicyclic) bond motifs is 16. The summed E-state index contributed by atoms with van der Waals surface area (Å²) in [7, 11) is 0. The molecule has 2 atom stereocenters. The summed E-state index contributed by atoms with van der Waals surface area (Å²) in [6.07, 6.45) is 3.64. The number of rotatable bonds is 16.